The molecule has 98 valence electrons. The number of carbonyl (C=O) groups excluding carboxylic acids is 1. The number of phenols is 2. The summed E-state index contributed by atoms with van der Waals surface area (Å²) in [7, 11) is 0. The number of aryl methyl sites for hydroxylation is 2. The second kappa shape index (κ2) is 5.02. The molecule has 0 radical (unpaired) electrons. The molecule has 0 saturated carbocycles. The van der Waals surface area contributed by atoms with Gasteiger partial charge in [-0.15, -0.1) is 0 Å². The van der Waals surface area contributed by atoms with Crippen molar-refractivity contribution in [3.05, 3.63) is 53.1 Å². The Morgan fingerprint density at radius 2 is 1.74 bits per heavy atom. The summed E-state index contributed by atoms with van der Waals surface area (Å²) in [5.41, 5.74) is 2.55. The molecule has 0 spiro atoms. The Bertz CT molecular complexity index is 635. The number of rotatable bonds is 2. The smallest absolute Gasteiger partial charge is 0.255 e. The number of anilines is 1. The van der Waals surface area contributed by atoms with E-state index >= 15 is 0 Å². The zero-order valence-corrected chi connectivity index (χ0v) is 10.8. The lowest BCUT2D eigenvalue weighted by Gasteiger charge is -2.09. The van der Waals surface area contributed by atoms with Gasteiger partial charge in [0.2, 0.25) is 0 Å². The van der Waals surface area contributed by atoms with Gasteiger partial charge in [-0.2, -0.15) is 0 Å². The Morgan fingerprint density at radius 1 is 1.00 bits per heavy atom. The van der Waals surface area contributed by atoms with Crippen molar-refractivity contribution in [3.63, 3.8) is 0 Å². The van der Waals surface area contributed by atoms with E-state index in [0.717, 1.165) is 5.56 Å². The van der Waals surface area contributed by atoms with Gasteiger partial charge in [0.1, 0.15) is 11.5 Å². The first-order valence-corrected chi connectivity index (χ1v) is 5.88. The molecule has 1 amide bonds. The highest BCUT2D eigenvalue weighted by molar-refractivity contribution is 6.04. The molecule has 2 aromatic rings. The van der Waals surface area contributed by atoms with E-state index in [1.165, 1.54) is 12.1 Å². The fraction of sp³-hybridized carbons (Fsp3) is 0.133. The quantitative estimate of drug-likeness (QED) is 0.724. The summed E-state index contributed by atoms with van der Waals surface area (Å²) < 4.78 is 0. The maximum atomic E-state index is 12.1. The van der Waals surface area contributed by atoms with Crippen molar-refractivity contribution >= 4 is 11.6 Å². The Labute approximate surface area is 111 Å². The summed E-state index contributed by atoms with van der Waals surface area (Å²) in [4.78, 5) is 12.1. The molecular weight excluding hydrogens is 242 g/mol. The van der Waals surface area contributed by atoms with Gasteiger partial charge in [-0.25, -0.2) is 0 Å². The molecule has 4 heteroatoms. The lowest BCUT2D eigenvalue weighted by atomic mass is 10.1. The Balaban J connectivity index is 2.23. The van der Waals surface area contributed by atoms with Gasteiger partial charge in [0, 0.05) is 11.3 Å². The second-order valence-electron chi connectivity index (χ2n) is 4.45. The van der Waals surface area contributed by atoms with E-state index in [1.54, 1.807) is 38.1 Å². The van der Waals surface area contributed by atoms with Crippen molar-refractivity contribution < 1.29 is 15.0 Å². The summed E-state index contributed by atoms with van der Waals surface area (Å²) in [6.45, 7) is 3.54. The largest absolute Gasteiger partial charge is 0.508 e. The fourth-order valence-electron chi connectivity index (χ4n) is 1.78. The van der Waals surface area contributed by atoms with Crippen molar-refractivity contribution in [2.75, 3.05) is 5.32 Å². The molecule has 0 aliphatic heterocycles. The first kappa shape index (κ1) is 13.0. The minimum atomic E-state index is -0.253. The number of amides is 1. The van der Waals surface area contributed by atoms with Crippen LogP contribution in [-0.2, 0) is 0 Å². The monoisotopic (exact) mass is 257 g/mol. The number of aromatic hydroxyl groups is 2. The number of hydrogen-bond acceptors (Lipinski definition) is 3. The zero-order chi connectivity index (χ0) is 14.0. The average molecular weight is 257 g/mol. The summed E-state index contributed by atoms with van der Waals surface area (Å²) in [5, 5.41) is 21.5. The fourth-order valence-corrected chi connectivity index (χ4v) is 1.78. The van der Waals surface area contributed by atoms with E-state index in [9.17, 15) is 15.0 Å². The first-order chi connectivity index (χ1) is 8.97. The minimum absolute atomic E-state index is 0.163. The molecule has 2 aromatic carbocycles. The lowest BCUT2D eigenvalue weighted by molar-refractivity contribution is 0.102. The molecule has 19 heavy (non-hydrogen) atoms. The van der Waals surface area contributed by atoms with Crippen molar-refractivity contribution in [1.82, 2.24) is 0 Å². The molecule has 0 bridgehead atoms. The molecule has 0 aromatic heterocycles. The van der Waals surface area contributed by atoms with Gasteiger partial charge in [0.25, 0.3) is 5.91 Å². The van der Waals surface area contributed by atoms with E-state index in [2.05, 4.69) is 5.32 Å². The van der Waals surface area contributed by atoms with Crippen LogP contribution in [0.15, 0.2) is 36.4 Å². The Morgan fingerprint density at radius 3 is 2.37 bits per heavy atom. The number of benzene rings is 2. The van der Waals surface area contributed by atoms with Crippen molar-refractivity contribution in [2.24, 2.45) is 0 Å². The van der Waals surface area contributed by atoms with Crippen LogP contribution in [0.2, 0.25) is 0 Å². The molecule has 3 N–H and O–H groups in total. The molecule has 0 saturated heterocycles. The van der Waals surface area contributed by atoms with E-state index < -0.39 is 0 Å². The summed E-state index contributed by atoms with van der Waals surface area (Å²) in [6.07, 6.45) is 0. The summed E-state index contributed by atoms with van der Waals surface area (Å²) >= 11 is 0. The van der Waals surface area contributed by atoms with Gasteiger partial charge >= 0.3 is 0 Å². The van der Waals surface area contributed by atoms with Crippen LogP contribution in [0.4, 0.5) is 5.69 Å². The third kappa shape index (κ3) is 2.85. The average Bonchev–Trinajstić information content (AvgIpc) is 2.36. The van der Waals surface area contributed by atoms with Gasteiger partial charge in [0.15, 0.2) is 0 Å². The van der Waals surface area contributed by atoms with Crippen LogP contribution in [0.25, 0.3) is 0 Å². The van der Waals surface area contributed by atoms with Crippen LogP contribution in [0.1, 0.15) is 21.5 Å². The predicted octanol–water partition coefficient (Wildman–Crippen LogP) is 2.97. The number of carbonyl (C=O) groups is 1. The topological polar surface area (TPSA) is 69.6 Å². The predicted molar refractivity (Wildman–Crippen MR) is 73.6 cm³/mol. The number of nitrogens with one attached hydrogen (secondary N) is 1. The van der Waals surface area contributed by atoms with Crippen molar-refractivity contribution in [1.29, 1.82) is 0 Å². The third-order valence-corrected chi connectivity index (χ3v) is 2.92. The Kier molecular flexibility index (Phi) is 3.42. The maximum Gasteiger partial charge on any atom is 0.255 e. The Hall–Kier alpha value is -2.49. The van der Waals surface area contributed by atoms with Gasteiger partial charge in [0.05, 0.1) is 0 Å². The number of phenolic OH excluding ortho intramolecular Hbond substituents is 2. The molecule has 2 rings (SSSR count). The van der Waals surface area contributed by atoms with E-state index in [1.807, 2.05) is 0 Å². The first-order valence-electron chi connectivity index (χ1n) is 5.88. The van der Waals surface area contributed by atoms with Crippen LogP contribution >= 0.6 is 0 Å². The van der Waals surface area contributed by atoms with Gasteiger partial charge < -0.3 is 15.5 Å². The molecule has 0 aliphatic rings. The van der Waals surface area contributed by atoms with Crippen LogP contribution in [0.3, 0.4) is 0 Å². The minimum Gasteiger partial charge on any atom is -0.508 e. The van der Waals surface area contributed by atoms with Crippen LogP contribution < -0.4 is 5.32 Å². The van der Waals surface area contributed by atoms with E-state index in [0.29, 0.717) is 16.8 Å². The zero-order valence-electron chi connectivity index (χ0n) is 10.8. The summed E-state index contributed by atoms with van der Waals surface area (Å²) in [6, 6.07) is 9.43. The molecule has 0 heterocycles. The third-order valence-electron chi connectivity index (χ3n) is 2.92. The van der Waals surface area contributed by atoms with Crippen molar-refractivity contribution in [3.8, 4) is 11.5 Å². The highest BCUT2D eigenvalue weighted by atomic mass is 16.3. The van der Waals surface area contributed by atoms with Gasteiger partial charge in [-0.1, -0.05) is 0 Å². The van der Waals surface area contributed by atoms with Crippen LogP contribution in [0.5, 0.6) is 11.5 Å². The highest BCUT2D eigenvalue weighted by Gasteiger charge is 2.09. The van der Waals surface area contributed by atoms with E-state index in [-0.39, 0.29) is 17.4 Å². The molecule has 0 unspecified atom stereocenters. The van der Waals surface area contributed by atoms with Crippen LogP contribution in [0, 0.1) is 13.8 Å². The van der Waals surface area contributed by atoms with Crippen molar-refractivity contribution in [2.45, 2.75) is 13.8 Å². The lowest BCUT2D eigenvalue weighted by Crippen LogP contribution is -2.12. The SMILES string of the molecule is Cc1cc(C(=O)Nc2ccc(O)cc2C)ccc1O. The van der Waals surface area contributed by atoms with Gasteiger partial charge in [-0.05, 0) is 61.4 Å². The highest BCUT2D eigenvalue weighted by Crippen LogP contribution is 2.22. The molecule has 0 fully saturated rings. The van der Waals surface area contributed by atoms with Crippen LogP contribution in [-0.4, -0.2) is 16.1 Å². The molecule has 0 aliphatic carbocycles. The van der Waals surface area contributed by atoms with Gasteiger partial charge in [-0.3, -0.25) is 4.79 Å². The normalized spacial score (nSPS) is 10.2. The molecule has 0 atom stereocenters. The number of hydrogen-bond donors (Lipinski definition) is 3. The molecule has 4 nitrogen and oxygen atoms in total. The molecular formula is C15H15NO3. The van der Waals surface area contributed by atoms with E-state index in [4.69, 9.17) is 0 Å². The maximum absolute atomic E-state index is 12.1. The second-order valence-corrected chi connectivity index (χ2v) is 4.45. The summed E-state index contributed by atoms with van der Waals surface area (Å²) in [5.74, 6) is 0.0743. The standard InChI is InChI=1S/C15H15NO3/c1-9-8-12(17)4-5-13(9)16-15(19)11-3-6-14(18)10(2)7-11/h3-8,17-18H,1-2H3,(H,16,19).